The summed E-state index contributed by atoms with van der Waals surface area (Å²) >= 11 is 1.43. The first-order chi connectivity index (χ1) is 11.5. The lowest BCUT2D eigenvalue weighted by atomic mass is 10.0. The largest absolute Gasteiger partial charge is 0.495 e. The molecular weight excluding hydrogens is 328 g/mol. The minimum absolute atomic E-state index is 0.0877. The van der Waals surface area contributed by atoms with Gasteiger partial charge in [-0.1, -0.05) is 0 Å². The monoisotopic (exact) mass is 354 g/mol. The SMILES string of the molecule is COc1cc(C)sc1C(=O)N1CCOCC(O)(CN2CCCC2)C1. The van der Waals surface area contributed by atoms with Gasteiger partial charge < -0.3 is 24.4 Å². The van der Waals surface area contributed by atoms with Crippen molar-refractivity contribution < 1.29 is 19.4 Å². The Labute approximate surface area is 147 Å². The number of thiophene rings is 1. The van der Waals surface area contributed by atoms with Crippen molar-refractivity contribution in [2.45, 2.75) is 25.4 Å². The second-order valence-corrected chi connectivity index (χ2v) is 8.00. The van der Waals surface area contributed by atoms with E-state index in [0.29, 0.717) is 36.9 Å². The number of carbonyl (C=O) groups is 1. The molecule has 2 saturated heterocycles. The van der Waals surface area contributed by atoms with Gasteiger partial charge >= 0.3 is 0 Å². The van der Waals surface area contributed by atoms with Gasteiger partial charge in [0.25, 0.3) is 5.91 Å². The molecule has 1 atom stereocenters. The van der Waals surface area contributed by atoms with Crippen molar-refractivity contribution in [2.75, 3.05) is 53.0 Å². The van der Waals surface area contributed by atoms with Gasteiger partial charge in [-0.3, -0.25) is 4.79 Å². The van der Waals surface area contributed by atoms with E-state index in [1.807, 2.05) is 13.0 Å². The summed E-state index contributed by atoms with van der Waals surface area (Å²) in [5.41, 5.74) is -1.02. The Hall–Kier alpha value is -1.15. The van der Waals surface area contributed by atoms with E-state index in [1.54, 1.807) is 12.0 Å². The van der Waals surface area contributed by atoms with Crippen molar-refractivity contribution in [3.63, 3.8) is 0 Å². The molecule has 0 aromatic carbocycles. The lowest BCUT2D eigenvalue weighted by molar-refractivity contribution is -0.0524. The molecule has 3 rings (SSSR count). The number of rotatable bonds is 4. The minimum Gasteiger partial charge on any atom is -0.495 e. The molecule has 0 aliphatic carbocycles. The number of ether oxygens (including phenoxy) is 2. The van der Waals surface area contributed by atoms with Gasteiger partial charge in [-0.25, -0.2) is 0 Å². The van der Waals surface area contributed by atoms with Crippen LogP contribution in [0.3, 0.4) is 0 Å². The zero-order valence-corrected chi connectivity index (χ0v) is 15.2. The summed E-state index contributed by atoms with van der Waals surface area (Å²) in [5.74, 6) is 0.519. The first-order valence-electron chi connectivity index (χ1n) is 8.47. The summed E-state index contributed by atoms with van der Waals surface area (Å²) in [6.45, 7) is 6.03. The topological polar surface area (TPSA) is 62.2 Å². The molecule has 1 amide bonds. The van der Waals surface area contributed by atoms with Crippen molar-refractivity contribution in [2.24, 2.45) is 0 Å². The molecule has 2 aliphatic rings. The van der Waals surface area contributed by atoms with E-state index >= 15 is 0 Å². The number of β-amino-alcohol motifs (C(OH)–C–C–N with tert-alkyl or cyclic N) is 1. The van der Waals surface area contributed by atoms with E-state index in [-0.39, 0.29) is 12.5 Å². The third-order valence-corrected chi connectivity index (χ3v) is 5.62. The molecule has 1 unspecified atom stereocenters. The number of nitrogens with zero attached hydrogens (tertiary/aromatic N) is 2. The van der Waals surface area contributed by atoms with Crippen LogP contribution in [0.5, 0.6) is 5.75 Å². The molecular formula is C17H26N2O4S. The zero-order valence-electron chi connectivity index (χ0n) is 14.4. The second kappa shape index (κ2) is 7.39. The molecule has 2 fully saturated rings. The minimum atomic E-state index is -1.02. The maximum Gasteiger partial charge on any atom is 0.267 e. The number of likely N-dealkylation sites (tertiary alicyclic amines) is 1. The van der Waals surface area contributed by atoms with Crippen LogP contribution in [-0.4, -0.2) is 79.5 Å². The van der Waals surface area contributed by atoms with E-state index < -0.39 is 5.60 Å². The fourth-order valence-corrected chi connectivity index (χ4v) is 4.43. The Kier molecular flexibility index (Phi) is 5.44. The van der Waals surface area contributed by atoms with E-state index in [2.05, 4.69) is 4.90 Å². The highest BCUT2D eigenvalue weighted by atomic mass is 32.1. The molecule has 0 spiro atoms. The summed E-state index contributed by atoms with van der Waals surface area (Å²) in [6.07, 6.45) is 2.34. The molecule has 6 nitrogen and oxygen atoms in total. The van der Waals surface area contributed by atoms with Crippen molar-refractivity contribution >= 4 is 17.2 Å². The lowest BCUT2D eigenvalue weighted by Crippen LogP contribution is -2.52. The summed E-state index contributed by atoms with van der Waals surface area (Å²) in [4.78, 5) is 18.5. The molecule has 1 aromatic heterocycles. The summed E-state index contributed by atoms with van der Waals surface area (Å²) in [6, 6.07) is 1.88. The number of aryl methyl sites for hydroxylation is 1. The zero-order chi connectivity index (χ0) is 17.2. The van der Waals surface area contributed by atoms with Crippen molar-refractivity contribution in [3.8, 4) is 5.75 Å². The summed E-state index contributed by atoms with van der Waals surface area (Å²) in [7, 11) is 1.58. The molecule has 2 aliphatic heterocycles. The molecule has 0 bridgehead atoms. The van der Waals surface area contributed by atoms with E-state index in [0.717, 1.165) is 18.0 Å². The van der Waals surface area contributed by atoms with E-state index in [9.17, 15) is 9.90 Å². The van der Waals surface area contributed by atoms with E-state index in [4.69, 9.17) is 9.47 Å². The van der Waals surface area contributed by atoms with Gasteiger partial charge in [0.15, 0.2) is 0 Å². The van der Waals surface area contributed by atoms with Gasteiger partial charge in [0, 0.05) is 18.0 Å². The third-order valence-electron chi connectivity index (χ3n) is 4.60. The normalized spacial score (nSPS) is 25.7. The van der Waals surface area contributed by atoms with Crippen LogP contribution < -0.4 is 4.74 Å². The van der Waals surface area contributed by atoms with Crippen LogP contribution in [-0.2, 0) is 4.74 Å². The van der Waals surface area contributed by atoms with Crippen LogP contribution in [0, 0.1) is 6.92 Å². The Morgan fingerprint density at radius 1 is 1.42 bits per heavy atom. The average Bonchev–Trinajstić information content (AvgIpc) is 3.13. The van der Waals surface area contributed by atoms with Gasteiger partial charge in [-0.2, -0.15) is 0 Å². The van der Waals surface area contributed by atoms with Crippen LogP contribution in [0.15, 0.2) is 6.07 Å². The van der Waals surface area contributed by atoms with Gasteiger partial charge in [0.1, 0.15) is 16.2 Å². The fraction of sp³-hybridized carbons (Fsp3) is 0.706. The number of aliphatic hydroxyl groups is 1. The van der Waals surface area contributed by atoms with Gasteiger partial charge in [0.05, 0.1) is 26.9 Å². The molecule has 0 radical (unpaired) electrons. The Bertz CT molecular complexity index is 585. The van der Waals surface area contributed by atoms with Crippen molar-refractivity contribution in [1.29, 1.82) is 0 Å². The fourth-order valence-electron chi connectivity index (χ4n) is 3.48. The lowest BCUT2D eigenvalue weighted by Gasteiger charge is -2.33. The highest BCUT2D eigenvalue weighted by Gasteiger charge is 2.37. The summed E-state index contributed by atoms with van der Waals surface area (Å²) in [5, 5.41) is 11.0. The van der Waals surface area contributed by atoms with Crippen LogP contribution >= 0.6 is 11.3 Å². The quantitative estimate of drug-likeness (QED) is 0.885. The average molecular weight is 354 g/mol. The first-order valence-corrected chi connectivity index (χ1v) is 9.28. The molecule has 1 N–H and O–H groups in total. The van der Waals surface area contributed by atoms with Crippen LogP contribution in [0.1, 0.15) is 27.4 Å². The Balaban J connectivity index is 1.75. The molecule has 7 heteroatoms. The molecule has 134 valence electrons. The predicted molar refractivity (Wildman–Crippen MR) is 93.0 cm³/mol. The molecule has 24 heavy (non-hydrogen) atoms. The highest BCUT2D eigenvalue weighted by Crippen LogP contribution is 2.30. The number of hydrogen-bond acceptors (Lipinski definition) is 6. The van der Waals surface area contributed by atoms with Crippen molar-refractivity contribution in [1.82, 2.24) is 9.80 Å². The number of carbonyl (C=O) groups excluding carboxylic acids is 1. The number of hydrogen-bond donors (Lipinski definition) is 1. The first kappa shape index (κ1) is 17.7. The second-order valence-electron chi connectivity index (χ2n) is 6.74. The van der Waals surface area contributed by atoms with Crippen LogP contribution in [0.4, 0.5) is 0 Å². The van der Waals surface area contributed by atoms with Gasteiger partial charge in [-0.15, -0.1) is 11.3 Å². The maximum absolute atomic E-state index is 12.9. The van der Waals surface area contributed by atoms with Crippen LogP contribution in [0.25, 0.3) is 0 Å². The standard InChI is InChI=1S/C17H26N2O4S/c1-13-9-14(22-2)15(24-13)16(20)19-7-8-23-12-17(21,11-19)10-18-5-3-4-6-18/h9,21H,3-8,10-12H2,1-2H3. The molecule has 1 aromatic rings. The predicted octanol–water partition coefficient (Wildman–Crippen LogP) is 1.36. The maximum atomic E-state index is 12.9. The Morgan fingerprint density at radius 3 is 2.88 bits per heavy atom. The highest BCUT2D eigenvalue weighted by molar-refractivity contribution is 7.14. The molecule has 0 saturated carbocycles. The van der Waals surface area contributed by atoms with Gasteiger partial charge in [0.2, 0.25) is 0 Å². The van der Waals surface area contributed by atoms with Gasteiger partial charge in [-0.05, 0) is 38.9 Å². The van der Waals surface area contributed by atoms with Crippen molar-refractivity contribution in [3.05, 3.63) is 15.8 Å². The summed E-state index contributed by atoms with van der Waals surface area (Å²) < 4.78 is 10.9. The number of methoxy groups -OCH3 is 1. The molecule has 3 heterocycles. The smallest absolute Gasteiger partial charge is 0.267 e. The van der Waals surface area contributed by atoms with Crippen LogP contribution in [0.2, 0.25) is 0 Å². The third kappa shape index (κ3) is 3.91. The Morgan fingerprint density at radius 2 is 2.17 bits per heavy atom. The van der Waals surface area contributed by atoms with E-state index in [1.165, 1.54) is 24.2 Å². The number of amides is 1.